The van der Waals surface area contributed by atoms with Crippen molar-refractivity contribution < 1.29 is 9.84 Å². The van der Waals surface area contributed by atoms with E-state index in [2.05, 4.69) is 4.98 Å². The standard InChI is InChI=1S/C8H10N2O2S/c9-8(13)7-2-1-6(5-10-7)12-4-3-11/h1-2,5,11H,3-4H2,(H2,9,13). The van der Waals surface area contributed by atoms with Gasteiger partial charge in [-0.1, -0.05) is 12.2 Å². The molecule has 1 heterocycles. The Balaban J connectivity index is 2.64. The van der Waals surface area contributed by atoms with E-state index in [4.69, 9.17) is 27.8 Å². The van der Waals surface area contributed by atoms with Crippen LogP contribution in [0.2, 0.25) is 0 Å². The fourth-order valence-electron chi connectivity index (χ4n) is 0.775. The van der Waals surface area contributed by atoms with Gasteiger partial charge in [-0.2, -0.15) is 0 Å². The van der Waals surface area contributed by atoms with Crippen molar-refractivity contribution in [2.45, 2.75) is 0 Å². The second-order valence-electron chi connectivity index (χ2n) is 2.32. The van der Waals surface area contributed by atoms with Crippen LogP contribution in [0.25, 0.3) is 0 Å². The Labute approximate surface area is 81.4 Å². The molecule has 5 heteroatoms. The Morgan fingerprint density at radius 3 is 2.85 bits per heavy atom. The number of aromatic nitrogens is 1. The molecule has 1 aromatic rings. The first-order chi connectivity index (χ1) is 6.24. The lowest BCUT2D eigenvalue weighted by atomic mass is 10.3. The Kier molecular flexibility index (Phi) is 3.60. The van der Waals surface area contributed by atoms with Crippen LogP contribution >= 0.6 is 12.2 Å². The molecule has 70 valence electrons. The summed E-state index contributed by atoms with van der Waals surface area (Å²) in [5, 5.41) is 8.48. The predicted octanol–water partition coefficient (Wildman–Crippen LogP) is 0.0869. The minimum Gasteiger partial charge on any atom is -0.490 e. The summed E-state index contributed by atoms with van der Waals surface area (Å²) in [7, 11) is 0. The van der Waals surface area contributed by atoms with E-state index >= 15 is 0 Å². The highest BCUT2D eigenvalue weighted by molar-refractivity contribution is 7.80. The van der Waals surface area contributed by atoms with Gasteiger partial charge in [-0.3, -0.25) is 0 Å². The number of thiocarbonyl (C=S) groups is 1. The lowest BCUT2D eigenvalue weighted by molar-refractivity contribution is 0.201. The maximum Gasteiger partial charge on any atom is 0.137 e. The monoisotopic (exact) mass is 198 g/mol. The Morgan fingerprint density at radius 1 is 1.62 bits per heavy atom. The van der Waals surface area contributed by atoms with Crippen LogP contribution in [0.1, 0.15) is 5.69 Å². The zero-order valence-electron chi connectivity index (χ0n) is 6.93. The average Bonchev–Trinajstić information content (AvgIpc) is 2.15. The van der Waals surface area contributed by atoms with E-state index in [0.717, 1.165) is 0 Å². The van der Waals surface area contributed by atoms with Crippen molar-refractivity contribution in [3.8, 4) is 5.75 Å². The van der Waals surface area contributed by atoms with Crippen molar-refractivity contribution in [1.82, 2.24) is 4.98 Å². The molecule has 0 fully saturated rings. The fraction of sp³-hybridized carbons (Fsp3) is 0.250. The molecule has 0 saturated heterocycles. The van der Waals surface area contributed by atoms with Crippen LogP contribution in [-0.4, -0.2) is 28.3 Å². The highest BCUT2D eigenvalue weighted by Crippen LogP contribution is 2.08. The van der Waals surface area contributed by atoms with E-state index in [1.807, 2.05) is 0 Å². The average molecular weight is 198 g/mol. The van der Waals surface area contributed by atoms with E-state index in [1.54, 1.807) is 12.1 Å². The summed E-state index contributed by atoms with van der Waals surface area (Å²) in [6.07, 6.45) is 1.52. The minimum absolute atomic E-state index is 0.0168. The highest BCUT2D eigenvalue weighted by atomic mass is 32.1. The smallest absolute Gasteiger partial charge is 0.137 e. The number of aliphatic hydroxyl groups excluding tert-OH is 1. The first-order valence-corrected chi connectivity index (χ1v) is 4.14. The van der Waals surface area contributed by atoms with Crippen molar-refractivity contribution >= 4 is 17.2 Å². The van der Waals surface area contributed by atoms with Gasteiger partial charge >= 0.3 is 0 Å². The molecule has 4 nitrogen and oxygen atoms in total. The summed E-state index contributed by atoms with van der Waals surface area (Å²) < 4.78 is 5.09. The van der Waals surface area contributed by atoms with E-state index in [-0.39, 0.29) is 18.2 Å². The van der Waals surface area contributed by atoms with Crippen molar-refractivity contribution in [1.29, 1.82) is 0 Å². The van der Waals surface area contributed by atoms with Crippen LogP contribution in [0.5, 0.6) is 5.75 Å². The van der Waals surface area contributed by atoms with Crippen molar-refractivity contribution in [3.05, 3.63) is 24.0 Å². The zero-order valence-corrected chi connectivity index (χ0v) is 7.75. The third kappa shape index (κ3) is 2.96. The Hall–Kier alpha value is -1.20. The summed E-state index contributed by atoms with van der Waals surface area (Å²) in [5.41, 5.74) is 5.91. The molecule has 0 saturated carbocycles. The van der Waals surface area contributed by atoms with Gasteiger partial charge in [0.1, 0.15) is 17.3 Å². The Morgan fingerprint density at radius 2 is 2.38 bits per heavy atom. The van der Waals surface area contributed by atoms with E-state index in [9.17, 15) is 0 Å². The van der Waals surface area contributed by atoms with Gasteiger partial charge in [-0.25, -0.2) is 4.98 Å². The molecule has 0 atom stereocenters. The molecule has 0 aliphatic carbocycles. The molecule has 1 aromatic heterocycles. The normalized spacial score (nSPS) is 9.62. The lowest BCUT2D eigenvalue weighted by Gasteiger charge is -2.03. The number of hydrogen-bond acceptors (Lipinski definition) is 4. The number of pyridine rings is 1. The highest BCUT2D eigenvalue weighted by Gasteiger charge is 1.98. The molecular weight excluding hydrogens is 188 g/mol. The van der Waals surface area contributed by atoms with E-state index < -0.39 is 0 Å². The number of ether oxygens (including phenoxy) is 1. The molecule has 0 aliphatic heterocycles. The molecule has 0 spiro atoms. The molecule has 1 rings (SSSR count). The van der Waals surface area contributed by atoms with Crippen molar-refractivity contribution in [3.63, 3.8) is 0 Å². The number of aliphatic hydroxyl groups is 1. The third-order valence-corrected chi connectivity index (χ3v) is 1.56. The van der Waals surface area contributed by atoms with Gasteiger partial charge in [0.05, 0.1) is 18.5 Å². The summed E-state index contributed by atoms with van der Waals surface area (Å²) in [6.45, 7) is 0.241. The molecule has 0 amide bonds. The van der Waals surface area contributed by atoms with Gasteiger partial charge < -0.3 is 15.6 Å². The van der Waals surface area contributed by atoms with Gasteiger partial charge in [0.15, 0.2) is 0 Å². The number of nitrogens with two attached hydrogens (primary N) is 1. The van der Waals surface area contributed by atoms with Crippen LogP contribution in [0.3, 0.4) is 0 Å². The van der Waals surface area contributed by atoms with Crippen molar-refractivity contribution in [2.24, 2.45) is 5.73 Å². The molecule has 0 radical (unpaired) electrons. The second-order valence-corrected chi connectivity index (χ2v) is 2.76. The SMILES string of the molecule is NC(=S)c1ccc(OCCO)cn1. The van der Waals surface area contributed by atoms with Gasteiger partial charge in [0.25, 0.3) is 0 Å². The maximum absolute atomic E-state index is 8.48. The minimum atomic E-state index is -0.0168. The molecular formula is C8H10N2O2S. The zero-order chi connectivity index (χ0) is 9.68. The largest absolute Gasteiger partial charge is 0.490 e. The fourth-order valence-corrected chi connectivity index (χ4v) is 0.896. The van der Waals surface area contributed by atoms with E-state index in [1.165, 1.54) is 6.20 Å². The first kappa shape index (κ1) is 9.88. The summed E-state index contributed by atoms with van der Waals surface area (Å²) >= 11 is 4.73. The lowest BCUT2D eigenvalue weighted by Crippen LogP contribution is -2.11. The molecule has 0 aliphatic rings. The van der Waals surface area contributed by atoms with Gasteiger partial charge in [0.2, 0.25) is 0 Å². The molecule has 0 bridgehead atoms. The summed E-state index contributed by atoms with van der Waals surface area (Å²) in [5.74, 6) is 0.592. The summed E-state index contributed by atoms with van der Waals surface area (Å²) in [4.78, 5) is 4.22. The maximum atomic E-state index is 8.48. The van der Waals surface area contributed by atoms with E-state index in [0.29, 0.717) is 11.4 Å². The number of rotatable bonds is 4. The molecule has 0 aromatic carbocycles. The van der Waals surface area contributed by atoms with Crippen LogP contribution < -0.4 is 10.5 Å². The van der Waals surface area contributed by atoms with Gasteiger partial charge in [-0.15, -0.1) is 0 Å². The molecule has 0 unspecified atom stereocenters. The van der Waals surface area contributed by atoms with Crippen LogP contribution in [-0.2, 0) is 0 Å². The molecule has 3 N–H and O–H groups in total. The van der Waals surface area contributed by atoms with Crippen LogP contribution in [0, 0.1) is 0 Å². The Bertz CT molecular complexity index is 287. The predicted molar refractivity (Wildman–Crippen MR) is 52.7 cm³/mol. The summed E-state index contributed by atoms with van der Waals surface area (Å²) in [6, 6.07) is 3.38. The second kappa shape index (κ2) is 4.74. The molecule has 13 heavy (non-hydrogen) atoms. The first-order valence-electron chi connectivity index (χ1n) is 3.73. The van der Waals surface area contributed by atoms with Crippen LogP contribution in [0.15, 0.2) is 18.3 Å². The van der Waals surface area contributed by atoms with Crippen molar-refractivity contribution in [2.75, 3.05) is 13.2 Å². The number of hydrogen-bond donors (Lipinski definition) is 2. The van der Waals surface area contributed by atoms with Crippen LogP contribution in [0.4, 0.5) is 0 Å². The van der Waals surface area contributed by atoms with Gasteiger partial charge in [-0.05, 0) is 12.1 Å². The van der Waals surface area contributed by atoms with Gasteiger partial charge in [0, 0.05) is 0 Å². The quantitative estimate of drug-likeness (QED) is 0.671. The third-order valence-electron chi connectivity index (χ3n) is 1.35. The number of nitrogens with zero attached hydrogens (tertiary/aromatic N) is 1. The topological polar surface area (TPSA) is 68.4 Å².